The summed E-state index contributed by atoms with van der Waals surface area (Å²) in [6.07, 6.45) is 1.47. The molecule has 0 spiro atoms. The first-order valence-corrected chi connectivity index (χ1v) is 5.33. The minimum absolute atomic E-state index is 0.0287. The van der Waals surface area contributed by atoms with E-state index in [-0.39, 0.29) is 6.04 Å². The number of rotatable bonds is 2. The third-order valence-corrected chi connectivity index (χ3v) is 2.87. The van der Waals surface area contributed by atoms with Crippen LogP contribution in [-0.4, -0.2) is 6.54 Å². The Morgan fingerprint density at radius 3 is 3.00 bits per heavy atom. The molecule has 1 aliphatic carbocycles. The van der Waals surface area contributed by atoms with Gasteiger partial charge in [-0.2, -0.15) is 0 Å². The van der Waals surface area contributed by atoms with Gasteiger partial charge in [-0.05, 0) is 37.0 Å². The van der Waals surface area contributed by atoms with E-state index < -0.39 is 11.6 Å². The molecule has 0 amide bonds. The molecule has 0 bridgehead atoms. The van der Waals surface area contributed by atoms with E-state index in [9.17, 15) is 8.78 Å². The molecule has 84 valence electrons. The Bertz CT molecular complexity index is 457. The van der Waals surface area contributed by atoms with Gasteiger partial charge >= 0.3 is 0 Å². The second-order valence-corrected chi connectivity index (χ2v) is 3.85. The average molecular weight is 221 g/mol. The quantitative estimate of drug-likeness (QED) is 0.757. The molecule has 2 rings (SSSR count). The fourth-order valence-electron chi connectivity index (χ4n) is 2.12. The molecule has 0 heterocycles. The maximum absolute atomic E-state index is 13.4. The van der Waals surface area contributed by atoms with Gasteiger partial charge in [0.05, 0.1) is 6.54 Å². The van der Waals surface area contributed by atoms with Crippen LogP contribution in [0.3, 0.4) is 0 Å². The Hall–Kier alpha value is -1.40. The van der Waals surface area contributed by atoms with Crippen LogP contribution in [0.1, 0.15) is 30.5 Å². The van der Waals surface area contributed by atoms with Crippen molar-refractivity contribution in [3.8, 4) is 11.8 Å². The third-order valence-electron chi connectivity index (χ3n) is 2.87. The minimum Gasteiger partial charge on any atom is -0.299 e. The van der Waals surface area contributed by atoms with Crippen LogP contribution < -0.4 is 5.32 Å². The number of hydrogen-bond donors (Lipinski definition) is 1. The first-order valence-electron chi connectivity index (χ1n) is 5.33. The predicted octanol–water partition coefficient (Wildman–Crippen LogP) is 2.57. The van der Waals surface area contributed by atoms with E-state index in [1.54, 1.807) is 6.92 Å². The number of halogens is 2. The Morgan fingerprint density at radius 1 is 1.44 bits per heavy atom. The fourth-order valence-corrected chi connectivity index (χ4v) is 2.12. The lowest BCUT2D eigenvalue weighted by atomic mass is 10.1. The van der Waals surface area contributed by atoms with Gasteiger partial charge in [0.2, 0.25) is 0 Å². The van der Waals surface area contributed by atoms with Crippen molar-refractivity contribution in [2.75, 3.05) is 6.54 Å². The van der Waals surface area contributed by atoms with E-state index in [1.165, 1.54) is 6.07 Å². The lowest BCUT2D eigenvalue weighted by Gasteiger charge is -2.11. The van der Waals surface area contributed by atoms with Gasteiger partial charge < -0.3 is 0 Å². The molecule has 1 aromatic carbocycles. The highest BCUT2D eigenvalue weighted by molar-refractivity contribution is 5.36. The maximum Gasteiger partial charge on any atom is 0.129 e. The van der Waals surface area contributed by atoms with E-state index >= 15 is 0 Å². The van der Waals surface area contributed by atoms with Crippen LogP contribution in [-0.2, 0) is 6.42 Å². The molecule has 0 fully saturated rings. The van der Waals surface area contributed by atoms with Crippen molar-refractivity contribution >= 4 is 0 Å². The second kappa shape index (κ2) is 4.63. The normalized spacial score (nSPS) is 17.8. The zero-order valence-electron chi connectivity index (χ0n) is 9.11. The molecule has 1 atom stereocenters. The molecule has 0 aromatic heterocycles. The van der Waals surface area contributed by atoms with Gasteiger partial charge in [0.1, 0.15) is 11.6 Å². The lowest BCUT2D eigenvalue weighted by molar-refractivity contribution is 0.559. The highest BCUT2D eigenvalue weighted by Crippen LogP contribution is 2.33. The summed E-state index contributed by atoms with van der Waals surface area (Å²) in [7, 11) is 0. The molecule has 1 aromatic rings. The van der Waals surface area contributed by atoms with Crippen molar-refractivity contribution in [3.63, 3.8) is 0 Å². The molecular formula is C13H13F2N. The minimum atomic E-state index is -0.508. The monoisotopic (exact) mass is 221 g/mol. The van der Waals surface area contributed by atoms with Crippen molar-refractivity contribution in [3.05, 3.63) is 34.9 Å². The highest BCUT2D eigenvalue weighted by Gasteiger charge is 2.25. The van der Waals surface area contributed by atoms with Crippen molar-refractivity contribution < 1.29 is 8.78 Å². The molecule has 0 radical (unpaired) electrons. The number of nitrogens with one attached hydrogen (secondary N) is 1. The van der Waals surface area contributed by atoms with E-state index in [0.717, 1.165) is 18.1 Å². The molecule has 1 N–H and O–H groups in total. The molecule has 0 aliphatic heterocycles. The van der Waals surface area contributed by atoms with Gasteiger partial charge in [0.15, 0.2) is 0 Å². The molecule has 1 nitrogen and oxygen atoms in total. The SMILES string of the molecule is CC#CCNC1CCc2c(F)cc(F)cc21. The lowest BCUT2D eigenvalue weighted by Crippen LogP contribution is -2.19. The molecule has 0 saturated heterocycles. The summed E-state index contributed by atoms with van der Waals surface area (Å²) >= 11 is 0. The smallest absolute Gasteiger partial charge is 0.129 e. The number of benzene rings is 1. The molecule has 16 heavy (non-hydrogen) atoms. The van der Waals surface area contributed by atoms with Crippen LogP contribution in [0.2, 0.25) is 0 Å². The van der Waals surface area contributed by atoms with Crippen LogP contribution in [0.25, 0.3) is 0 Å². The van der Waals surface area contributed by atoms with Crippen molar-refractivity contribution in [1.29, 1.82) is 0 Å². The summed E-state index contributed by atoms with van der Waals surface area (Å²) in [6.45, 7) is 2.32. The summed E-state index contributed by atoms with van der Waals surface area (Å²) in [5, 5.41) is 3.19. The molecular weight excluding hydrogens is 208 g/mol. The van der Waals surface area contributed by atoms with Gasteiger partial charge in [-0.25, -0.2) is 8.78 Å². The molecule has 1 unspecified atom stereocenters. The Labute approximate surface area is 93.9 Å². The van der Waals surface area contributed by atoms with Crippen LogP contribution in [0.4, 0.5) is 8.78 Å². The van der Waals surface area contributed by atoms with Gasteiger partial charge in [-0.1, -0.05) is 5.92 Å². The summed E-state index contributed by atoms with van der Waals surface area (Å²) in [5.74, 6) is 4.73. The zero-order chi connectivity index (χ0) is 11.5. The summed E-state index contributed by atoms with van der Waals surface area (Å²) in [6, 6.07) is 2.40. The van der Waals surface area contributed by atoms with E-state index in [1.807, 2.05) is 0 Å². The average Bonchev–Trinajstić information content (AvgIpc) is 2.62. The highest BCUT2D eigenvalue weighted by atomic mass is 19.1. The molecule has 3 heteroatoms. The van der Waals surface area contributed by atoms with Crippen molar-refractivity contribution in [2.24, 2.45) is 0 Å². The van der Waals surface area contributed by atoms with Crippen molar-refractivity contribution in [2.45, 2.75) is 25.8 Å². The van der Waals surface area contributed by atoms with Gasteiger partial charge in [-0.15, -0.1) is 5.92 Å². The van der Waals surface area contributed by atoms with Crippen molar-refractivity contribution in [1.82, 2.24) is 5.32 Å². The number of fused-ring (bicyclic) bond motifs is 1. The second-order valence-electron chi connectivity index (χ2n) is 3.85. The first kappa shape index (κ1) is 11.1. The standard InChI is InChI=1S/C13H13F2N/c1-2-3-6-16-13-5-4-10-11(13)7-9(14)8-12(10)15/h7-8,13,16H,4-6H2,1H3. The maximum atomic E-state index is 13.4. The van der Waals surface area contributed by atoms with Crippen LogP contribution in [0.15, 0.2) is 12.1 Å². The Morgan fingerprint density at radius 2 is 2.25 bits per heavy atom. The first-order chi connectivity index (χ1) is 7.72. The molecule has 0 saturated carbocycles. The van der Waals surface area contributed by atoms with Gasteiger partial charge in [-0.3, -0.25) is 5.32 Å². The van der Waals surface area contributed by atoms with Crippen LogP contribution in [0, 0.1) is 23.5 Å². The van der Waals surface area contributed by atoms with E-state index in [2.05, 4.69) is 17.2 Å². The zero-order valence-corrected chi connectivity index (χ0v) is 9.11. The van der Waals surface area contributed by atoms with E-state index in [0.29, 0.717) is 18.5 Å². The Kier molecular flexibility index (Phi) is 3.21. The van der Waals surface area contributed by atoms with Crippen LogP contribution in [0.5, 0.6) is 0 Å². The van der Waals surface area contributed by atoms with E-state index in [4.69, 9.17) is 0 Å². The Balaban J connectivity index is 2.20. The number of hydrogen-bond acceptors (Lipinski definition) is 1. The molecule has 1 aliphatic rings. The summed E-state index contributed by atoms with van der Waals surface area (Å²) < 4.78 is 26.5. The van der Waals surface area contributed by atoms with Gasteiger partial charge in [0.25, 0.3) is 0 Å². The third kappa shape index (κ3) is 2.07. The summed E-state index contributed by atoms with van der Waals surface area (Å²) in [4.78, 5) is 0. The largest absolute Gasteiger partial charge is 0.299 e. The topological polar surface area (TPSA) is 12.0 Å². The van der Waals surface area contributed by atoms with Crippen LogP contribution >= 0.6 is 0 Å². The predicted molar refractivity (Wildman–Crippen MR) is 58.9 cm³/mol. The van der Waals surface area contributed by atoms with Gasteiger partial charge in [0, 0.05) is 12.1 Å². The fraction of sp³-hybridized carbons (Fsp3) is 0.385. The summed E-state index contributed by atoms with van der Waals surface area (Å²) in [5.41, 5.74) is 1.39.